The van der Waals surface area contributed by atoms with Crippen LogP contribution >= 0.6 is 0 Å². The number of aliphatic carboxylic acids is 1. The Morgan fingerprint density at radius 2 is 1.67 bits per heavy atom. The van der Waals surface area contributed by atoms with E-state index in [-0.39, 0.29) is 18.3 Å². The van der Waals surface area contributed by atoms with Crippen molar-refractivity contribution in [3.63, 3.8) is 0 Å². The second-order valence-corrected chi connectivity index (χ2v) is 8.64. The zero-order valence-electron chi connectivity index (χ0n) is 16.6. The van der Waals surface area contributed by atoms with Crippen LogP contribution in [0.2, 0.25) is 0 Å². The average molecular weight is 375 g/mol. The van der Waals surface area contributed by atoms with E-state index >= 15 is 0 Å². The lowest BCUT2D eigenvalue weighted by atomic mass is 9.66. The van der Waals surface area contributed by atoms with E-state index in [9.17, 15) is 15.0 Å². The maximum atomic E-state index is 11.5. The van der Waals surface area contributed by atoms with Gasteiger partial charge in [0.05, 0.1) is 23.7 Å². The summed E-state index contributed by atoms with van der Waals surface area (Å²) in [7, 11) is -0.595. The lowest BCUT2D eigenvalue weighted by Gasteiger charge is -2.32. The molecule has 27 heavy (non-hydrogen) atoms. The highest BCUT2D eigenvalue weighted by Gasteiger charge is 2.54. The molecule has 2 aliphatic rings. The van der Waals surface area contributed by atoms with Gasteiger partial charge in [-0.2, -0.15) is 0 Å². The van der Waals surface area contributed by atoms with Crippen molar-refractivity contribution in [2.24, 2.45) is 0 Å². The maximum Gasteiger partial charge on any atom is 0.466 e. The van der Waals surface area contributed by atoms with Crippen LogP contribution in [0.4, 0.5) is 5.69 Å². The first kappa shape index (κ1) is 20.2. The van der Waals surface area contributed by atoms with Crippen LogP contribution in [-0.4, -0.2) is 53.7 Å². The molecule has 0 bridgehead atoms. The van der Waals surface area contributed by atoms with Crippen LogP contribution in [0, 0.1) is 0 Å². The first-order valence-corrected chi connectivity index (χ1v) is 9.69. The quantitative estimate of drug-likeness (QED) is 0.771. The van der Waals surface area contributed by atoms with Crippen LogP contribution in [0.15, 0.2) is 24.3 Å². The number of aliphatic hydroxyl groups is 1. The van der Waals surface area contributed by atoms with E-state index in [4.69, 9.17) is 9.31 Å². The van der Waals surface area contributed by atoms with Gasteiger partial charge in [-0.3, -0.25) is 4.79 Å². The fourth-order valence-corrected chi connectivity index (χ4v) is 3.67. The molecule has 1 aromatic rings. The van der Waals surface area contributed by atoms with E-state index in [0.29, 0.717) is 0 Å². The number of anilines is 1. The van der Waals surface area contributed by atoms with Crippen LogP contribution in [0.3, 0.4) is 0 Å². The molecular weight excluding hydrogens is 345 g/mol. The SMILES string of the molecule is CC1(C)OB(C(CC(=O)O)c2ccc(N3CCC(O)CC3)cc2)OC1(C)C. The van der Waals surface area contributed by atoms with Crippen molar-refractivity contribution in [2.45, 2.75) is 70.1 Å². The molecule has 0 aliphatic carbocycles. The number of piperidine rings is 1. The third kappa shape index (κ3) is 4.31. The van der Waals surface area contributed by atoms with Crippen LogP contribution in [-0.2, 0) is 14.1 Å². The molecular formula is C20H30BNO5. The van der Waals surface area contributed by atoms with Crippen LogP contribution in [0.25, 0.3) is 0 Å². The summed E-state index contributed by atoms with van der Waals surface area (Å²) < 4.78 is 12.2. The first-order valence-electron chi connectivity index (χ1n) is 9.69. The predicted molar refractivity (Wildman–Crippen MR) is 105 cm³/mol. The Balaban J connectivity index is 1.79. The van der Waals surface area contributed by atoms with Gasteiger partial charge in [0, 0.05) is 24.6 Å². The van der Waals surface area contributed by atoms with Crippen molar-refractivity contribution in [1.29, 1.82) is 0 Å². The van der Waals surface area contributed by atoms with E-state index in [1.807, 2.05) is 52.0 Å². The zero-order valence-corrected chi connectivity index (χ0v) is 16.6. The van der Waals surface area contributed by atoms with Gasteiger partial charge < -0.3 is 24.4 Å². The molecule has 0 spiro atoms. The molecule has 2 saturated heterocycles. The highest BCUT2D eigenvalue weighted by Crippen LogP contribution is 2.42. The molecule has 7 heteroatoms. The molecule has 0 aromatic heterocycles. The second-order valence-electron chi connectivity index (χ2n) is 8.64. The molecule has 2 N–H and O–H groups in total. The summed E-state index contributed by atoms with van der Waals surface area (Å²) in [5, 5.41) is 19.1. The fraction of sp³-hybridized carbons (Fsp3) is 0.650. The maximum absolute atomic E-state index is 11.5. The summed E-state index contributed by atoms with van der Waals surface area (Å²) in [6.07, 6.45) is 1.30. The molecule has 1 unspecified atom stereocenters. The van der Waals surface area contributed by atoms with E-state index in [1.54, 1.807) is 0 Å². The third-order valence-electron chi connectivity index (χ3n) is 6.15. The topological polar surface area (TPSA) is 79.2 Å². The number of rotatable bonds is 5. The summed E-state index contributed by atoms with van der Waals surface area (Å²) in [6.45, 7) is 9.54. The largest absolute Gasteiger partial charge is 0.481 e. The minimum Gasteiger partial charge on any atom is -0.481 e. The number of nitrogens with zero attached hydrogens (tertiary/aromatic N) is 1. The van der Waals surface area contributed by atoms with Crippen molar-refractivity contribution in [1.82, 2.24) is 0 Å². The zero-order chi connectivity index (χ0) is 19.8. The van der Waals surface area contributed by atoms with Gasteiger partial charge in [0.25, 0.3) is 0 Å². The van der Waals surface area contributed by atoms with Gasteiger partial charge in [-0.15, -0.1) is 0 Å². The molecule has 0 saturated carbocycles. The van der Waals surface area contributed by atoms with Crippen molar-refractivity contribution in [3.8, 4) is 0 Å². The molecule has 3 rings (SSSR count). The number of hydrogen-bond donors (Lipinski definition) is 2. The number of hydrogen-bond acceptors (Lipinski definition) is 5. The van der Waals surface area contributed by atoms with Crippen molar-refractivity contribution in [2.75, 3.05) is 18.0 Å². The Kier molecular flexibility index (Phi) is 5.57. The number of aliphatic hydroxyl groups excluding tert-OH is 1. The van der Waals surface area contributed by atoms with E-state index in [0.717, 1.165) is 37.2 Å². The highest BCUT2D eigenvalue weighted by molar-refractivity contribution is 6.48. The number of carboxylic acid groups (broad SMARTS) is 1. The van der Waals surface area contributed by atoms with Gasteiger partial charge in [0.2, 0.25) is 0 Å². The van der Waals surface area contributed by atoms with Crippen molar-refractivity contribution < 1.29 is 24.3 Å². The average Bonchev–Trinajstić information content (AvgIpc) is 2.81. The van der Waals surface area contributed by atoms with Gasteiger partial charge in [-0.1, -0.05) is 12.1 Å². The van der Waals surface area contributed by atoms with Gasteiger partial charge >= 0.3 is 13.1 Å². The summed E-state index contributed by atoms with van der Waals surface area (Å²) in [5.41, 5.74) is 0.997. The first-order chi connectivity index (χ1) is 12.6. The molecule has 0 amide bonds. The van der Waals surface area contributed by atoms with Crippen molar-refractivity contribution in [3.05, 3.63) is 29.8 Å². The van der Waals surface area contributed by atoms with Gasteiger partial charge in [0.1, 0.15) is 0 Å². The molecule has 1 aromatic carbocycles. The minimum absolute atomic E-state index is 0.0495. The van der Waals surface area contributed by atoms with E-state index < -0.39 is 24.3 Å². The Hall–Kier alpha value is -1.57. The standard InChI is InChI=1S/C20H30BNO5/c1-19(2)20(3,4)27-21(26-19)17(13-18(24)25)14-5-7-15(8-6-14)22-11-9-16(23)10-12-22/h5-8,16-17,23H,9-13H2,1-4H3,(H,24,25). The number of carbonyl (C=O) groups is 1. The van der Waals surface area contributed by atoms with E-state index in [2.05, 4.69) is 4.90 Å². The van der Waals surface area contributed by atoms with Gasteiger partial charge in [-0.25, -0.2) is 0 Å². The Morgan fingerprint density at radius 1 is 1.15 bits per heavy atom. The monoisotopic (exact) mass is 375 g/mol. The Bertz CT molecular complexity index is 651. The summed E-state index contributed by atoms with van der Waals surface area (Å²) >= 11 is 0. The summed E-state index contributed by atoms with van der Waals surface area (Å²) in [6, 6.07) is 7.98. The molecule has 2 heterocycles. The summed E-state index contributed by atoms with van der Waals surface area (Å²) in [4.78, 5) is 13.7. The Morgan fingerprint density at radius 3 is 2.15 bits per heavy atom. The molecule has 2 fully saturated rings. The van der Waals surface area contributed by atoms with Gasteiger partial charge in [0.15, 0.2) is 0 Å². The van der Waals surface area contributed by atoms with Crippen LogP contribution < -0.4 is 4.90 Å². The van der Waals surface area contributed by atoms with Gasteiger partial charge in [-0.05, 0) is 58.2 Å². The van der Waals surface area contributed by atoms with Crippen LogP contribution in [0.5, 0.6) is 0 Å². The van der Waals surface area contributed by atoms with E-state index in [1.165, 1.54) is 0 Å². The molecule has 0 radical (unpaired) electrons. The van der Waals surface area contributed by atoms with Crippen LogP contribution in [0.1, 0.15) is 58.3 Å². The number of carboxylic acids is 1. The molecule has 1 atom stereocenters. The van der Waals surface area contributed by atoms with Crippen molar-refractivity contribution >= 4 is 18.8 Å². The lowest BCUT2D eigenvalue weighted by Crippen LogP contribution is -2.41. The summed E-state index contributed by atoms with van der Waals surface area (Å²) in [5.74, 6) is -1.25. The predicted octanol–water partition coefficient (Wildman–Crippen LogP) is 2.84. The highest BCUT2D eigenvalue weighted by atomic mass is 16.7. The third-order valence-corrected chi connectivity index (χ3v) is 6.15. The smallest absolute Gasteiger partial charge is 0.466 e. The Labute approximate surface area is 161 Å². The molecule has 148 valence electrons. The fourth-order valence-electron chi connectivity index (χ4n) is 3.67. The minimum atomic E-state index is -0.871. The molecule has 6 nitrogen and oxygen atoms in total. The number of benzene rings is 1. The lowest BCUT2D eigenvalue weighted by molar-refractivity contribution is -0.137. The second kappa shape index (κ2) is 7.45. The molecule has 2 aliphatic heterocycles. The normalized spacial score (nSPS) is 23.4.